The van der Waals surface area contributed by atoms with Crippen LogP contribution in [0.25, 0.3) is 0 Å². The van der Waals surface area contributed by atoms with Crippen molar-refractivity contribution < 1.29 is 14.3 Å². The van der Waals surface area contributed by atoms with Gasteiger partial charge in [-0.05, 0) is 37.6 Å². The lowest BCUT2D eigenvalue weighted by Gasteiger charge is -2.25. The van der Waals surface area contributed by atoms with Crippen LogP contribution < -0.4 is 15.4 Å². The van der Waals surface area contributed by atoms with E-state index in [0.717, 1.165) is 22.5 Å². The van der Waals surface area contributed by atoms with E-state index < -0.39 is 12.0 Å². The molecule has 1 atom stereocenters. The fourth-order valence-corrected chi connectivity index (χ4v) is 2.58. The quantitative estimate of drug-likeness (QED) is 0.675. The number of amides is 1. The highest BCUT2D eigenvalue weighted by Gasteiger charge is 2.29. The van der Waals surface area contributed by atoms with Gasteiger partial charge in [-0.1, -0.05) is 29.8 Å². The van der Waals surface area contributed by atoms with Gasteiger partial charge in [-0.3, -0.25) is 4.79 Å². The van der Waals surface area contributed by atoms with Gasteiger partial charge in [0, 0.05) is 5.69 Å². The molecule has 0 fully saturated rings. The summed E-state index contributed by atoms with van der Waals surface area (Å²) in [4.78, 5) is 24.2. The molecule has 23 heavy (non-hydrogen) atoms. The number of carbonyl (C=O) groups is 2. The summed E-state index contributed by atoms with van der Waals surface area (Å²) in [5, 5.41) is 5.89. The molecule has 0 saturated heterocycles. The maximum Gasteiger partial charge on any atom is 0.334 e. The lowest BCUT2D eigenvalue weighted by Crippen LogP contribution is -2.39. The van der Waals surface area contributed by atoms with Crippen molar-refractivity contribution in [1.82, 2.24) is 0 Å². The van der Waals surface area contributed by atoms with Crippen molar-refractivity contribution in [2.24, 2.45) is 0 Å². The normalized spacial score (nSPS) is 16.1. The first-order valence-corrected chi connectivity index (χ1v) is 7.47. The standard InChI is InChI=1S/C18H18N2O3/c1-11-7-8-13(12(2)9-11)20-17(21)10-15-18(22)23-16-6-4-3-5-14(16)19-15/h3-9,15,19H,10H2,1-2H3,(H,20,21). The summed E-state index contributed by atoms with van der Waals surface area (Å²) >= 11 is 0. The van der Waals surface area contributed by atoms with Gasteiger partial charge in [0.1, 0.15) is 6.04 Å². The second-order valence-electron chi connectivity index (χ2n) is 5.68. The lowest BCUT2D eigenvalue weighted by molar-refractivity contribution is -0.137. The molecule has 1 amide bonds. The Kier molecular flexibility index (Phi) is 4.02. The Morgan fingerprint density at radius 2 is 2.00 bits per heavy atom. The molecule has 2 aromatic rings. The number of benzene rings is 2. The predicted molar refractivity (Wildman–Crippen MR) is 88.7 cm³/mol. The summed E-state index contributed by atoms with van der Waals surface area (Å²) in [6.07, 6.45) is 0.0144. The fourth-order valence-electron chi connectivity index (χ4n) is 2.58. The van der Waals surface area contributed by atoms with Gasteiger partial charge in [0.05, 0.1) is 12.1 Å². The lowest BCUT2D eigenvalue weighted by atomic mass is 10.1. The minimum atomic E-state index is -0.685. The van der Waals surface area contributed by atoms with Crippen LogP contribution >= 0.6 is 0 Å². The maximum absolute atomic E-state index is 12.2. The highest BCUT2D eigenvalue weighted by Crippen LogP contribution is 2.29. The monoisotopic (exact) mass is 310 g/mol. The molecule has 0 saturated carbocycles. The summed E-state index contributed by atoms with van der Waals surface area (Å²) < 4.78 is 5.25. The van der Waals surface area contributed by atoms with Crippen molar-refractivity contribution >= 4 is 23.3 Å². The molecule has 1 aliphatic heterocycles. The molecule has 1 heterocycles. The van der Waals surface area contributed by atoms with E-state index in [1.54, 1.807) is 12.1 Å². The zero-order valence-electron chi connectivity index (χ0n) is 13.1. The number of nitrogens with one attached hydrogen (secondary N) is 2. The van der Waals surface area contributed by atoms with E-state index in [4.69, 9.17) is 4.74 Å². The van der Waals surface area contributed by atoms with Crippen LogP contribution in [0.1, 0.15) is 17.5 Å². The first kappa shape index (κ1) is 15.1. The number of ether oxygens (including phenoxy) is 1. The minimum Gasteiger partial charge on any atom is -0.423 e. The molecule has 0 aliphatic carbocycles. The van der Waals surface area contributed by atoms with E-state index in [1.807, 2.05) is 44.2 Å². The number of hydrogen-bond acceptors (Lipinski definition) is 4. The minimum absolute atomic E-state index is 0.0144. The number of rotatable bonds is 3. The Balaban J connectivity index is 1.67. The van der Waals surface area contributed by atoms with Crippen LogP contribution in [0.3, 0.4) is 0 Å². The van der Waals surface area contributed by atoms with Crippen molar-refractivity contribution in [2.45, 2.75) is 26.3 Å². The van der Waals surface area contributed by atoms with Gasteiger partial charge in [-0.2, -0.15) is 0 Å². The molecular weight excluding hydrogens is 292 g/mol. The topological polar surface area (TPSA) is 67.4 Å². The van der Waals surface area contributed by atoms with Crippen molar-refractivity contribution in [3.63, 3.8) is 0 Å². The zero-order chi connectivity index (χ0) is 16.4. The predicted octanol–water partition coefficient (Wildman–Crippen LogP) is 3.03. The summed E-state index contributed by atoms with van der Waals surface area (Å²) in [7, 11) is 0. The number of esters is 1. The molecule has 0 spiro atoms. The van der Waals surface area contributed by atoms with E-state index >= 15 is 0 Å². The third-order valence-corrected chi connectivity index (χ3v) is 3.76. The molecule has 0 aromatic heterocycles. The van der Waals surface area contributed by atoms with Crippen LogP contribution in [0.15, 0.2) is 42.5 Å². The van der Waals surface area contributed by atoms with Gasteiger partial charge in [-0.15, -0.1) is 0 Å². The Bertz CT molecular complexity index is 771. The molecule has 0 radical (unpaired) electrons. The van der Waals surface area contributed by atoms with Crippen LogP contribution in [0, 0.1) is 13.8 Å². The molecular formula is C18H18N2O3. The zero-order valence-corrected chi connectivity index (χ0v) is 13.1. The number of carbonyl (C=O) groups excluding carboxylic acids is 2. The molecule has 0 bridgehead atoms. The van der Waals surface area contributed by atoms with E-state index in [2.05, 4.69) is 10.6 Å². The first-order chi connectivity index (χ1) is 11.0. The third kappa shape index (κ3) is 3.34. The summed E-state index contributed by atoms with van der Waals surface area (Å²) in [6.45, 7) is 3.93. The Morgan fingerprint density at radius 1 is 1.22 bits per heavy atom. The van der Waals surface area contributed by atoms with Gasteiger partial charge >= 0.3 is 5.97 Å². The van der Waals surface area contributed by atoms with Gasteiger partial charge in [0.25, 0.3) is 0 Å². The van der Waals surface area contributed by atoms with Crippen molar-refractivity contribution in [1.29, 1.82) is 0 Å². The highest BCUT2D eigenvalue weighted by atomic mass is 16.5. The van der Waals surface area contributed by atoms with E-state index in [9.17, 15) is 9.59 Å². The van der Waals surface area contributed by atoms with E-state index in [0.29, 0.717) is 5.75 Å². The molecule has 1 unspecified atom stereocenters. The van der Waals surface area contributed by atoms with E-state index in [1.165, 1.54) is 0 Å². The van der Waals surface area contributed by atoms with Crippen LogP contribution in [0.4, 0.5) is 11.4 Å². The average Bonchev–Trinajstić information content (AvgIpc) is 2.51. The summed E-state index contributed by atoms with van der Waals surface area (Å²) in [6, 6.07) is 12.3. The second-order valence-corrected chi connectivity index (χ2v) is 5.68. The number of hydrogen-bond donors (Lipinski definition) is 2. The van der Waals surface area contributed by atoms with Crippen molar-refractivity contribution in [3.8, 4) is 5.75 Å². The molecule has 118 valence electrons. The maximum atomic E-state index is 12.2. The average molecular weight is 310 g/mol. The van der Waals surface area contributed by atoms with Crippen LogP contribution in [-0.4, -0.2) is 17.9 Å². The largest absolute Gasteiger partial charge is 0.423 e. The van der Waals surface area contributed by atoms with Gasteiger partial charge in [0.15, 0.2) is 5.75 Å². The molecule has 2 N–H and O–H groups in total. The smallest absolute Gasteiger partial charge is 0.334 e. The van der Waals surface area contributed by atoms with Gasteiger partial charge < -0.3 is 15.4 Å². The molecule has 2 aromatic carbocycles. The van der Waals surface area contributed by atoms with Crippen LogP contribution in [0.2, 0.25) is 0 Å². The Labute approximate surface area is 134 Å². The highest BCUT2D eigenvalue weighted by molar-refractivity contribution is 5.97. The molecule has 3 rings (SSSR count). The van der Waals surface area contributed by atoms with Gasteiger partial charge in [0.2, 0.25) is 5.91 Å². The van der Waals surface area contributed by atoms with Gasteiger partial charge in [-0.25, -0.2) is 4.79 Å². The first-order valence-electron chi connectivity index (χ1n) is 7.47. The SMILES string of the molecule is Cc1ccc(NC(=O)CC2Nc3ccccc3OC2=O)c(C)c1. The number of aryl methyl sites for hydroxylation is 2. The number of para-hydroxylation sites is 2. The van der Waals surface area contributed by atoms with Crippen molar-refractivity contribution in [2.75, 3.05) is 10.6 Å². The van der Waals surface area contributed by atoms with Crippen LogP contribution in [-0.2, 0) is 9.59 Å². The molecule has 5 heteroatoms. The van der Waals surface area contributed by atoms with Crippen LogP contribution in [0.5, 0.6) is 5.75 Å². The summed E-state index contributed by atoms with van der Waals surface area (Å²) in [5.41, 5.74) is 3.60. The number of anilines is 2. The Morgan fingerprint density at radius 3 is 2.78 bits per heavy atom. The third-order valence-electron chi connectivity index (χ3n) is 3.76. The summed E-state index contributed by atoms with van der Waals surface area (Å²) in [5.74, 6) is -0.186. The molecule has 5 nitrogen and oxygen atoms in total. The number of fused-ring (bicyclic) bond motifs is 1. The second kappa shape index (κ2) is 6.12. The van der Waals surface area contributed by atoms with Crippen molar-refractivity contribution in [3.05, 3.63) is 53.6 Å². The van der Waals surface area contributed by atoms with E-state index in [-0.39, 0.29) is 12.3 Å². The Hall–Kier alpha value is -2.82. The molecule has 1 aliphatic rings. The fraction of sp³-hybridized carbons (Fsp3) is 0.222.